The lowest BCUT2D eigenvalue weighted by Crippen LogP contribution is -2.70. The van der Waals surface area contributed by atoms with E-state index in [1.807, 2.05) is 0 Å². The highest BCUT2D eigenvalue weighted by Crippen LogP contribution is 2.35. The van der Waals surface area contributed by atoms with Gasteiger partial charge in [-0.3, -0.25) is 14.4 Å². The highest BCUT2D eigenvalue weighted by Gasteiger charge is 2.57. The Morgan fingerprint density at radius 1 is 0.590 bits per heavy atom. The van der Waals surface area contributed by atoms with Crippen LogP contribution in [-0.2, 0) is 66.5 Å². The third kappa shape index (κ3) is 12.2. The van der Waals surface area contributed by atoms with Crippen LogP contribution in [0.3, 0.4) is 0 Å². The van der Waals surface area contributed by atoms with Crippen molar-refractivity contribution in [1.82, 2.24) is 16.0 Å². The molecule has 0 saturated carbocycles. The van der Waals surface area contributed by atoms with Crippen molar-refractivity contribution in [3.63, 3.8) is 0 Å². The number of nitrogens with one attached hydrogen (secondary N) is 3. The van der Waals surface area contributed by atoms with E-state index in [-0.39, 0.29) is 19.8 Å². The molecule has 0 aromatic carbocycles. The molecule has 4 fully saturated rings. The van der Waals surface area contributed by atoms with Gasteiger partial charge in [-0.15, -0.1) is 0 Å². The lowest BCUT2D eigenvalue weighted by atomic mass is 9.92. The maximum Gasteiger partial charge on any atom is 0.335 e. The highest BCUT2D eigenvalue weighted by molar-refractivity contribution is 5.81. The van der Waals surface area contributed by atoms with Gasteiger partial charge in [-0.2, -0.15) is 0 Å². The minimum Gasteiger partial charge on any atom is -0.479 e. The average Bonchev–Trinajstić information content (AvgIpc) is 3.21. The van der Waals surface area contributed by atoms with Gasteiger partial charge in [0.2, 0.25) is 11.8 Å². The minimum absolute atomic E-state index is 0.0163. The van der Waals surface area contributed by atoms with Gasteiger partial charge in [-0.1, -0.05) is 0 Å². The van der Waals surface area contributed by atoms with Crippen molar-refractivity contribution >= 4 is 23.7 Å². The molecular weight excluding hydrogens is 830 g/mol. The minimum atomic E-state index is -2.23. The molecule has 0 aliphatic carbocycles. The molecule has 0 aromatic rings. The molecule has 0 bridgehead atoms. The summed E-state index contributed by atoms with van der Waals surface area (Å²) >= 11 is 0. The van der Waals surface area contributed by atoms with Crippen molar-refractivity contribution in [2.24, 2.45) is 0 Å². The van der Waals surface area contributed by atoms with E-state index in [0.29, 0.717) is 6.61 Å². The predicted molar refractivity (Wildman–Crippen MR) is 194 cm³/mol. The van der Waals surface area contributed by atoms with Crippen molar-refractivity contribution in [2.45, 2.75) is 143 Å². The highest BCUT2D eigenvalue weighted by atomic mass is 16.8. The number of hydrogen-bond donors (Lipinski definition) is 12. The molecule has 3 amide bonds. The molecular formula is C35H59N3O23. The Morgan fingerprint density at radius 2 is 1.10 bits per heavy atom. The van der Waals surface area contributed by atoms with Gasteiger partial charge < -0.3 is 109 Å². The Labute approximate surface area is 349 Å². The van der Waals surface area contributed by atoms with Gasteiger partial charge in [0, 0.05) is 34.6 Å². The van der Waals surface area contributed by atoms with Gasteiger partial charge in [0.25, 0.3) is 5.91 Å². The van der Waals surface area contributed by atoms with E-state index in [1.165, 1.54) is 14.0 Å². The van der Waals surface area contributed by atoms with E-state index in [2.05, 4.69) is 16.0 Å². The second-order valence-electron chi connectivity index (χ2n) is 14.8. The number of carboxylic acid groups (broad SMARTS) is 1. The number of aliphatic hydroxyl groups is 8. The lowest BCUT2D eigenvalue weighted by molar-refractivity contribution is -0.366. The first-order chi connectivity index (χ1) is 28.9. The molecule has 20 atom stereocenters. The van der Waals surface area contributed by atoms with Crippen LogP contribution in [0.25, 0.3) is 0 Å². The fraction of sp³-hybridized carbons (Fsp3) is 0.886. The molecule has 61 heavy (non-hydrogen) atoms. The van der Waals surface area contributed by atoms with Gasteiger partial charge in [-0.25, -0.2) is 4.79 Å². The number of carboxylic acids is 1. The number of aliphatic carboxylic acids is 1. The van der Waals surface area contributed by atoms with E-state index < -0.39 is 159 Å². The van der Waals surface area contributed by atoms with Gasteiger partial charge in [0.15, 0.2) is 31.1 Å². The van der Waals surface area contributed by atoms with Gasteiger partial charge in [0.05, 0.1) is 45.2 Å². The van der Waals surface area contributed by atoms with Crippen LogP contribution < -0.4 is 16.0 Å². The average molecular weight is 890 g/mol. The molecule has 4 aliphatic heterocycles. The Morgan fingerprint density at radius 3 is 1.62 bits per heavy atom. The predicted octanol–water partition coefficient (Wildman–Crippen LogP) is -7.86. The maximum absolute atomic E-state index is 13.2. The molecule has 26 nitrogen and oxygen atoms in total. The Kier molecular flexibility index (Phi) is 19.3. The quantitative estimate of drug-likeness (QED) is 0.0536. The summed E-state index contributed by atoms with van der Waals surface area (Å²) in [7, 11) is 2.63. The summed E-state index contributed by atoms with van der Waals surface area (Å²) < 4.78 is 55.6. The van der Waals surface area contributed by atoms with Gasteiger partial charge in [-0.05, 0) is 6.92 Å². The maximum atomic E-state index is 13.2. The Balaban J connectivity index is 1.58. The molecule has 26 heteroatoms. The Hall–Kier alpha value is -2.84. The molecule has 0 spiro atoms. The molecule has 8 unspecified atom stereocenters. The van der Waals surface area contributed by atoms with Crippen LogP contribution in [0.1, 0.15) is 20.8 Å². The Bertz CT molecular complexity index is 1430. The molecule has 4 aliphatic rings. The van der Waals surface area contributed by atoms with Crippen LogP contribution >= 0.6 is 0 Å². The van der Waals surface area contributed by atoms with E-state index >= 15 is 0 Å². The normalized spacial score (nSPS) is 41.7. The number of carbonyl (C=O) groups excluding carboxylic acids is 3. The smallest absolute Gasteiger partial charge is 0.335 e. The van der Waals surface area contributed by atoms with Gasteiger partial charge >= 0.3 is 5.97 Å². The van der Waals surface area contributed by atoms with Crippen molar-refractivity contribution < 1.29 is 113 Å². The van der Waals surface area contributed by atoms with Crippen LogP contribution in [0.4, 0.5) is 0 Å². The van der Waals surface area contributed by atoms with Crippen molar-refractivity contribution in [3.8, 4) is 0 Å². The molecule has 0 radical (unpaired) electrons. The number of rotatable bonds is 19. The lowest BCUT2D eigenvalue weighted by Gasteiger charge is -2.50. The number of amides is 3. The summed E-state index contributed by atoms with van der Waals surface area (Å²) in [5, 5.41) is 105. The third-order valence-corrected chi connectivity index (χ3v) is 10.5. The van der Waals surface area contributed by atoms with Gasteiger partial charge in [0.1, 0.15) is 79.3 Å². The van der Waals surface area contributed by atoms with E-state index in [0.717, 1.165) is 21.0 Å². The summed E-state index contributed by atoms with van der Waals surface area (Å²) in [5.41, 5.74) is 0. The zero-order chi connectivity index (χ0) is 45.3. The first-order valence-corrected chi connectivity index (χ1v) is 19.4. The second kappa shape index (κ2) is 23.2. The summed E-state index contributed by atoms with van der Waals surface area (Å²) in [4.78, 5) is 50.4. The zero-order valence-electron chi connectivity index (χ0n) is 34.0. The number of ether oxygens (including phenoxy) is 10. The van der Waals surface area contributed by atoms with Crippen LogP contribution in [0.5, 0.6) is 0 Å². The monoisotopic (exact) mass is 889 g/mol. The molecule has 4 saturated heterocycles. The zero-order valence-corrected chi connectivity index (χ0v) is 34.0. The standard InChI is InChI=1S/C35H59N3O23/c1-12-17(37-13(2)41)25(19(43)15(10-39)55-12)57-35-24(48)22(46)28(30(61-35)32(50)51)59-33-18(38-14(3)42)26(20(44)16(11-40)56-33)58-34-23(47)21(45)27(53-5)29(60-34)31(49)36-6-7-54-9-8-52-4/h12,15-30,33-35,39-40,43-48H,6-11H2,1-5H3,(H,36,49)(H,37,41)(H,38,42)(H,50,51)/t12-,15?,16?,17?,18?,19+,20+,21+,22+,23?,24?,25+,26+,27-,28-,29?,30?,33-,34+,35+/m0/s1. The number of methoxy groups -OCH3 is 2. The summed E-state index contributed by atoms with van der Waals surface area (Å²) in [6.45, 7) is 2.62. The van der Waals surface area contributed by atoms with Crippen LogP contribution in [0.15, 0.2) is 0 Å². The molecule has 12 N–H and O–H groups in total. The van der Waals surface area contributed by atoms with Crippen molar-refractivity contribution in [2.75, 3.05) is 53.8 Å². The molecule has 0 aromatic heterocycles. The summed E-state index contributed by atoms with van der Waals surface area (Å²) in [5.74, 6) is -4.01. The van der Waals surface area contributed by atoms with Crippen molar-refractivity contribution in [3.05, 3.63) is 0 Å². The molecule has 4 rings (SSSR count). The summed E-state index contributed by atoms with van der Waals surface area (Å²) in [6.07, 6.45) is -32.2. The van der Waals surface area contributed by atoms with E-state index in [9.17, 15) is 65.1 Å². The number of hydrogen-bond acceptors (Lipinski definition) is 22. The largest absolute Gasteiger partial charge is 0.479 e. The topological polar surface area (TPSA) is 379 Å². The van der Waals surface area contributed by atoms with Crippen LogP contribution in [0, 0.1) is 0 Å². The molecule has 352 valence electrons. The second-order valence-corrected chi connectivity index (χ2v) is 14.8. The third-order valence-electron chi connectivity index (χ3n) is 10.5. The fourth-order valence-electron chi connectivity index (χ4n) is 7.40. The van der Waals surface area contributed by atoms with Crippen LogP contribution in [-0.4, -0.2) is 246 Å². The summed E-state index contributed by atoms with van der Waals surface area (Å²) in [6, 6.07) is -2.85. The number of carbonyl (C=O) groups is 4. The molecule has 4 heterocycles. The van der Waals surface area contributed by atoms with E-state index in [4.69, 9.17) is 47.4 Å². The van der Waals surface area contributed by atoms with E-state index in [1.54, 1.807) is 0 Å². The fourth-order valence-corrected chi connectivity index (χ4v) is 7.40. The first kappa shape index (κ1) is 50.8. The SMILES string of the molecule is COCCOCCNC(=O)C1O[C@@H](O[C@@H]2C(NC(C)=O)[C@H](O[C@@H]3C(C(=O)O)O[C@@H](O[C@@H]4C(NC(C)=O)[C@H](C)OC(CO)[C@H]4O)C(O)[C@H]3O)OC(CO)[C@H]2O)C(O)[C@@H](O)[C@@H]1OC. The first-order valence-electron chi connectivity index (χ1n) is 19.4. The van der Waals surface area contributed by atoms with Crippen molar-refractivity contribution in [1.29, 1.82) is 0 Å². The van der Waals surface area contributed by atoms with Crippen LogP contribution in [0.2, 0.25) is 0 Å². The number of aliphatic hydroxyl groups excluding tert-OH is 8.